The molecule has 3 aromatic carbocycles. The van der Waals surface area contributed by atoms with Crippen molar-refractivity contribution in [3.63, 3.8) is 0 Å². The Kier molecular flexibility index (Phi) is 16.0. The molecule has 1 fully saturated rings. The first-order valence-electron chi connectivity index (χ1n) is 21.1. The van der Waals surface area contributed by atoms with Crippen molar-refractivity contribution in [2.75, 3.05) is 85.1 Å². The van der Waals surface area contributed by atoms with Crippen LogP contribution in [-0.2, 0) is 34.0 Å². The summed E-state index contributed by atoms with van der Waals surface area (Å²) in [4.78, 5) is 71.9. The molecule has 20 nitrogen and oxygen atoms in total. The number of nitrogens with one attached hydrogen (secondary N) is 1. The van der Waals surface area contributed by atoms with E-state index < -0.39 is 35.5 Å². The van der Waals surface area contributed by atoms with Crippen LogP contribution in [0.3, 0.4) is 0 Å². The average molecular weight is 888 g/mol. The number of aliphatic hydroxyl groups is 1. The van der Waals surface area contributed by atoms with Gasteiger partial charge in [-0.25, -0.2) is 4.79 Å². The van der Waals surface area contributed by atoms with Gasteiger partial charge < -0.3 is 62.0 Å². The predicted octanol–water partition coefficient (Wildman–Crippen LogP) is 0.0496. The number of hydrogen-bond donors (Lipinski definition) is 7. The fraction of sp³-hybridized carbons (Fsp3) is 0.432. The Hall–Kier alpha value is -5.97. The van der Waals surface area contributed by atoms with E-state index in [0.29, 0.717) is 93.1 Å². The number of piperazine rings is 1. The topological polar surface area (TPSA) is 296 Å². The van der Waals surface area contributed by atoms with Crippen LogP contribution in [0.1, 0.15) is 58.1 Å². The number of carbonyl (C=O) groups excluding carboxylic acids is 4. The van der Waals surface area contributed by atoms with Gasteiger partial charge in [-0.15, -0.1) is 0 Å². The minimum atomic E-state index is -1.31. The van der Waals surface area contributed by atoms with Crippen LogP contribution in [0.2, 0.25) is 0 Å². The van der Waals surface area contributed by atoms with Crippen molar-refractivity contribution in [2.45, 2.75) is 39.6 Å². The van der Waals surface area contributed by atoms with Gasteiger partial charge in [-0.3, -0.25) is 33.9 Å². The lowest BCUT2D eigenvalue weighted by molar-refractivity contribution is -0.132. The number of hydrogen-bond acceptors (Lipinski definition) is 18. The Morgan fingerprint density at radius 2 is 1.42 bits per heavy atom. The van der Waals surface area contributed by atoms with Crippen molar-refractivity contribution in [1.29, 1.82) is 0 Å². The van der Waals surface area contributed by atoms with Crippen LogP contribution in [0.5, 0.6) is 28.7 Å². The smallest absolute Gasteiger partial charge is 0.349 e. The molecule has 0 bridgehead atoms. The fourth-order valence-electron chi connectivity index (χ4n) is 8.09. The van der Waals surface area contributed by atoms with Crippen LogP contribution in [-0.4, -0.2) is 139 Å². The van der Waals surface area contributed by atoms with Gasteiger partial charge in [0.2, 0.25) is 5.91 Å². The van der Waals surface area contributed by atoms with Crippen LogP contribution >= 0.6 is 0 Å². The van der Waals surface area contributed by atoms with Crippen molar-refractivity contribution in [3.8, 4) is 28.7 Å². The highest BCUT2D eigenvalue weighted by Gasteiger charge is 2.36. The summed E-state index contributed by atoms with van der Waals surface area (Å²) in [6.07, 6.45) is -1.31. The summed E-state index contributed by atoms with van der Waals surface area (Å²) in [6, 6.07) is 10.5. The zero-order chi connectivity index (χ0) is 46.1. The maximum atomic E-state index is 13.6. The molecule has 2 aliphatic rings. The molecule has 1 aromatic heterocycles. The maximum absolute atomic E-state index is 13.6. The quantitative estimate of drug-likeness (QED) is 0.0372. The number of aliphatic hydroxyl groups excluding tert-OH is 1. The number of fused-ring (bicyclic) bond motifs is 3. The minimum absolute atomic E-state index is 0.0521. The van der Waals surface area contributed by atoms with E-state index in [9.17, 15) is 34.2 Å². The molecule has 4 aromatic rings. The molecule has 344 valence electrons. The molecule has 2 amide bonds. The van der Waals surface area contributed by atoms with E-state index in [0.717, 1.165) is 0 Å². The second kappa shape index (κ2) is 21.6. The van der Waals surface area contributed by atoms with Gasteiger partial charge in [0.05, 0.1) is 18.7 Å². The van der Waals surface area contributed by atoms with E-state index in [4.69, 9.17) is 41.6 Å². The Bertz CT molecular complexity index is 2410. The normalized spacial score (nSPS) is 14.9. The maximum Gasteiger partial charge on any atom is 0.349 e. The lowest BCUT2D eigenvalue weighted by atomic mass is 9.87. The van der Waals surface area contributed by atoms with E-state index in [1.165, 1.54) is 43.0 Å². The van der Waals surface area contributed by atoms with Gasteiger partial charge in [0.25, 0.3) is 5.91 Å². The molecule has 6 rings (SSSR count). The second-order valence-corrected chi connectivity index (χ2v) is 15.7. The molecule has 0 spiro atoms. The SMILES string of the molecule is CC(=O)Oc1cc(CN(CCN)CCN)c2c(c1)Oc1c(CNC(=O)CN3CCN(C(=O)c4cc5ccc(O)cc5oc4=O)CC3)c(OC(C)=O)cc(CN(CCN)CCN)c1C2O. The van der Waals surface area contributed by atoms with Gasteiger partial charge in [-0.05, 0) is 41.5 Å². The predicted molar refractivity (Wildman–Crippen MR) is 235 cm³/mol. The summed E-state index contributed by atoms with van der Waals surface area (Å²) in [5.41, 5.74) is 25.2. The number of carbonyl (C=O) groups is 4. The number of aromatic hydroxyl groups is 1. The largest absolute Gasteiger partial charge is 0.508 e. The second-order valence-electron chi connectivity index (χ2n) is 15.7. The van der Waals surface area contributed by atoms with Crippen molar-refractivity contribution in [3.05, 3.63) is 86.3 Å². The number of phenols is 1. The number of amides is 2. The molecule has 1 saturated heterocycles. The molecule has 20 heteroatoms. The molecule has 0 radical (unpaired) electrons. The van der Waals surface area contributed by atoms with Gasteiger partial charge in [0, 0.05) is 134 Å². The van der Waals surface area contributed by atoms with Crippen LogP contribution in [0.25, 0.3) is 11.0 Å². The van der Waals surface area contributed by atoms with E-state index in [1.807, 2.05) is 14.7 Å². The van der Waals surface area contributed by atoms with Crippen LogP contribution in [0, 0.1) is 0 Å². The molecule has 64 heavy (non-hydrogen) atoms. The van der Waals surface area contributed by atoms with Crippen molar-refractivity contribution in [1.82, 2.24) is 24.9 Å². The molecule has 0 aliphatic carbocycles. The Morgan fingerprint density at radius 1 is 0.812 bits per heavy atom. The lowest BCUT2D eigenvalue weighted by Gasteiger charge is -2.34. The van der Waals surface area contributed by atoms with Gasteiger partial charge >= 0.3 is 17.6 Å². The summed E-state index contributed by atoms with van der Waals surface area (Å²) in [7, 11) is 0. The van der Waals surface area contributed by atoms with E-state index in [-0.39, 0.29) is 84.7 Å². The average Bonchev–Trinajstić information content (AvgIpc) is 3.23. The van der Waals surface area contributed by atoms with Gasteiger partial charge in [0.15, 0.2) is 0 Å². The highest BCUT2D eigenvalue weighted by molar-refractivity contribution is 5.97. The number of nitrogens with zero attached hydrogens (tertiary/aromatic N) is 4. The van der Waals surface area contributed by atoms with E-state index in [1.54, 1.807) is 18.2 Å². The summed E-state index contributed by atoms with van der Waals surface area (Å²) in [6.45, 7) is 7.19. The zero-order valence-corrected chi connectivity index (χ0v) is 36.1. The Balaban J connectivity index is 1.28. The third-order valence-corrected chi connectivity index (χ3v) is 11.0. The minimum Gasteiger partial charge on any atom is -0.508 e. The monoisotopic (exact) mass is 887 g/mol. The van der Waals surface area contributed by atoms with Gasteiger partial charge in [0.1, 0.15) is 46.0 Å². The first kappa shape index (κ1) is 47.5. The fourth-order valence-corrected chi connectivity index (χ4v) is 8.09. The molecule has 2 aliphatic heterocycles. The zero-order valence-electron chi connectivity index (χ0n) is 36.1. The highest BCUT2D eigenvalue weighted by atomic mass is 16.5. The Labute approximate surface area is 369 Å². The first-order chi connectivity index (χ1) is 30.7. The highest BCUT2D eigenvalue weighted by Crippen LogP contribution is 2.51. The first-order valence-corrected chi connectivity index (χ1v) is 21.1. The summed E-state index contributed by atoms with van der Waals surface area (Å²) < 4.78 is 23.3. The molecular weight excluding hydrogens is 831 g/mol. The van der Waals surface area contributed by atoms with Crippen LogP contribution in [0.15, 0.2) is 51.7 Å². The number of benzene rings is 3. The van der Waals surface area contributed by atoms with Crippen LogP contribution in [0.4, 0.5) is 0 Å². The number of nitrogens with two attached hydrogens (primary N) is 4. The third kappa shape index (κ3) is 11.4. The summed E-state index contributed by atoms with van der Waals surface area (Å²) in [5, 5.41) is 25.6. The summed E-state index contributed by atoms with van der Waals surface area (Å²) in [5.74, 6) is -1.59. The molecule has 11 N–H and O–H groups in total. The lowest BCUT2D eigenvalue weighted by Crippen LogP contribution is -2.51. The van der Waals surface area contributed by atoms with Gasteiger partial charge in [-0.2, -0.15) is 0 Å². The molecule has 3 heterocycles. The van der Waals surface area contributed by atoms with E-state index >= 15 is 0 Å². The molecule has 1 unspecified atom stereocenters. The van der Waals surface area contributed by atoms with Crippen molar-refractivity contribution >= 4 is 34.7 Å². The van der Waals surface area contributed by atoms with E-state index in [2.05, 4.69) is 5.32 Å². The molecule has 0 saturated carbocycles. The standard InChI is InChI=1S/C44H57N9O11/c1-26(54)61-32-17-29(23-50(9-5-45)10-6-46)39-37(21-32)63-42-34(36(62-27(2)55)19-30(40(42)41(39)58)24-51(11-7-47)12-8-48)22-49-38(57)25-52-13-15-53(16-14-52)43(59)33-18-28-3-4-31(56)20-35(28)64-44(33)60/h3-4,17-21,41,56,58H,5-16,22-25,45-48H2,1-2H3,(H,49,57). The number of rotatable bonds is 19. The van der Waals surface area contributed by atoms with Crippen LogP contribution < -0.4 is 48.1 Å². The summed E-state index contributed by atoms with van der Waals surface area (Å²) >= 11 is 0. The number of phenolic OH excluding ortho intramolecular Hbond substituents is 1. The third-order valence-electron chi connectivity index (χ3n) is 11.0. The Morgan fingerprint density at radius 3 is 2.02 bits per heavy atom. The van der Waals surface area contributed by atoms with Crippen molar-refractivity contribution in [2.24, 2.45) is 22.9 Å². The molecule has 1 atom stereocenters. The molecular formula is C44H57N9O11. The van der Waals surface area contributed by atoms with Gasteiger partial charge in [-0.1, -0.05) is 0 Å². The van der Waals surface area contributed by atoms with Crippen molar-refractivity contribution < 1.29 is 48.0 Å². The number of esters is 2. The number of ether oxygens (including phenoxy) is 3.